The number of nitro benzene ring substituents is 3. The van der Waals surface area contributed by atoms with Crippen LogP contribution in [-0.2, 0) is 6.42 Å². The lowest BCUT2D eigenvalue weighted by Crippen LogP contribution is -1.97. The number of pyridine rings is 1. The number of hydrogen-bond donors (Lipinski definition) is 2. The third-order valence-corrected chi connectivity index (χ3v) is 3.33. The van der Waals surface area contributed by atoms with Gasteiger partial charge in [-0.2, -0.15) is 0 Å². The molecule has 1 aromatic carbocycles. The first kappa shape index (κ1) is 21.4. The number of aromatic hydroxyl groups is 1. The van der Waals surface area contributed by atoms with Gasteiger partial charge in [-0.25, -0.2) is 0 Å². The molecule has 0 aliphatic carbocycles. The number of aliphatic hydroxyl groups excluding tert-OH is 1. The molecule has 0 radical (unpaired) electrons. The van der Waals surface area contributed by atoms with E-state index in [1.165, 1.54) is 11.1 Å². The van der Waals surface area contributed by atoms with Gasteiger partial charge in [-0.1, -0.05) is 6.07 Å². The highest BCUT2D eigenvalue weighted by molar-refractivity contribution is 5.64. The molecule has 12 heteroatoms. The molecule has 0 aliphatic rings. The lowest BCUT2D eigenvalue weighted by atomic mass is 10.1. The molecule has 1 aromatic heterocycles. The highest BCUT2D eigenvalue weighted by atomic mass is 16.6. The maximum absolute atomic E-state index is 10.4. The van der Waals surface area contributed by atoms with E-state index >= 15 is 0 Å². The van der Waals surface area contributed by atoms with Crippen molar-refractivity contribution >= 4 is 17.1 Å². The van der Waals surface area contributed by atoms with E-state index in [0.717, 1.165) is 5.69 Å². The predicted molar refractivity (Wildman–Crippen MR) is 92.6 cm³/mol. The van der Waals surface area contributed by atoms with E-state index in [1.807, 2.05) is 20.0 Å². The van der Waals surface area contributed by atoms with Crippen LogP contribution in [0, 0.1) is 44.2 Å². The van der Waals surface area contributed by atoms with E-state index < -0.39 is 37.6 Å². The van der Waals surface area contributed by atoms with Crippen molar-refractivity contribution in [3.63, 3.8) is 0 Å². The first-order valence-corrected chi connectivity index (χ1v) is 7.41. The smallest absolute Gasteiger partial charge is 0.324 e. The van der Waals surface area contributed by atoms with Gasteiger partial charge in [0.25, 0.3) is 11.4 Å². The van der Waals surface area contributed by atoms with Crippen LogP contribution in [0.3, 0.4) is 0 Å². The Balaban J connectivity index is 0.000000289. The Morgan fingerprint density at radius 3 is 1.85 bits per heavy atom. The van der Waals surface area contributed by atoms with E-state index in [4.69, 9.17) is 10.2 Å². The van der Waals surface area contributed by atoms with Crippen molar-refractivity contribution in [2.75, 3.05) is 6.61 Å². The SMILES string of the molecule is Cc1cnc(CCO)c(C)c1.O=[N+]([O-])c1cc([N+](=O)[O-])c(O)c([N+](=O)[O-])c1. The Bertz CT molecular complexity index is 849. The Morgan fingerprint density at radius 1 is 0.963 bits per heavy atom. The average molecular weight is 380 g/mol. The van der Waals surface area contributed by atoms with Gasteiger partial charge in [0.15, 0.2) is 0 Å². The van der Waals surface area contributed by atoms with Crippen LogP contribution in [0.5, 0.6) is 5.75 Å². The van der Waals surface area contributed by atoms with E-state index in [9.17, 15) is 30.3 Å². The summed E-state index contributed by atoms with van der Waals surface area (Å²) in [6.45, 7) is 4.21. The summed E-state index contributed by atoms with van der Waals surface area (Å²) in [7, 11) is 0. The number of phenols is 1. The topological polar surface area (TPSA) is 183 Å². The minimum Gasteiger partial charge on any atom is -0.497 e. The zero-order valence-electron chi connectivity index (χ0n) is 14.4. The van der Waals surface area contributed by atoms with Crippen molar-refractivity contribution in [2.24, 2.45) is 0 Å². The zero-order chi connectivity index (χ0) is 20.7. The summed E-state index contributed by atoms with van der Waals surface area (Å²) < 4.78 is 0. The molecule has 0 bridgehead atoms. The van der Waals surface area contributed by atoms with Gasteiger partial charge < -0.3 is 10.2 Å². The number of hydrogen-bond acceptors (Lipinski definition) is 9. The van der Waals surface area contributed by atoms with E-state index in [-0.39, 0.29) is 6.61 Å². The second-order valence-electron chi connectivity index (χ2n) is 5.35. The Labute approximate surface area is 152 Å². The third-order valence-electron chi connectivity index (χ3n) is 3.33. The predicted octanol–water partition coefficient (Wildman–Crippen LogP) is 2.35. The molecule has 2 N–H and O–H groups in total. The van der Waals surface area contributed by atoms with Crippen LogP contribution in [0.1, 0.15) is 16.8 Å². The van der Waals surface area contributed by atoms with E-state index in [2.05, 4.69) is 11.1 Å². The van der Waals surface area contributed by atoms with Crippen LogP contribution in [0.2, 0.25) is 0 Å². The average Bonchev–Trinajstić information content (AvgIpc) is 2.57. The molecular formula is C15H16N4O8. The van der Waals surface area contributed by atoms with Gasteiger partial charge in [0.05, 0.1) is 26.9 Å². The molecule has 0 unspecified atom stereocenters. The van der Waals surface area contributed by atoms with Crippen LogP contribution in [0.15, 0.2) is 24.4 Å². The molecule has 2 aromatic rings. The summed E-state index contributed by atoms with van der Waals surface area (Å²) in [6, 6.07) is 2.97. The molecule has 0 saturated heterocycles. The normalized spacial score (nSPS) is 9.89. The molecule has 0 saturated carbocycles. The molecule has 2 rings (SSSR count). The largest absolute Gasteiger partial charge is 0.497 e. The van der Waals surface area contributed by atoms with Gasteiger partial charge >= 0.3 is 11.4 Å². The molecule has 0 amide bonds. The van der Waals surface area contributed by atoms with Crippen LogP contribution >= 0.6 is 0 Å². The maximum Gasteiger partial charge on any atom is 0.324 e. The second-order valence-corrected chi connectivity index (χ2v) is 5.35. The van der Waals surface area contributed by atoms with Gasteiger partial charge in [0.1, 0.15) is 0 Å². The van der Waals surface area contributed by atoms with Gasteiger partial charge in [-0.05, 0) is 25.0 Å². The summed E-state index contributed by atoms with van der Waals surface area (Å²) in [5.41, 5.74) is 0.333. The van der Waals surface area contributed by atoms with Crippen molar-refractivity contribution in [3.8, 4) is 5.75 Å². The number of rotatable bonds is 5. The van der Waals surface area contributed by atoms with E-state index in [1.54, 1.807) is 0 Å². The van der Waals surface area contributed by atoms with Gasteiger partial charge in [0, 0.05) is 24.9 Å². The minimum atomic E-state index is -1.21. The fourth-order valence-corrected chi connectivity index (χ4v) is 2.08. The van der Waals surface area contributed by atoms with Gasteiger partial charge in [-0.3, -0.25) is 35.3 Å². The number of aryl methyl sites for hydroxylation is 2. The number of phenolic OH excluding ortho intramolecular Hbond substituents is 1. The number of aliphatic hydroxyl groups is 1. The number of benzene rings is 1. The molecule has 1 heterocycles. The van der Waals surface area contributed by atoms with Crippen LogP contribution in [0.25, 0.3) is 0 Å². The standard InChI is InChI=1S/C9H13NO.C6H3N3O7/c1-7-5-8(2)9(3-4-11)10-6-7;10-6-4(8(13)14)1-3(7(11)12)2-5(6)9(15)16/h5-6,11H,3-4H2,1-2H3;1-2,10H. The van der Waals surface area contributed by atoms with Gasteiger partial charge in [0.2, 0.25) is 0 Å². The summed E-state index contributed by atoms with van der Waals surface area (Å²) >= 11 is 0. The zero-order valence-corrected chi connectivity index (χ0v) is 14.4. The first-order valence-electron chi connectivity index (χ1n) is 7.41. The lowest BCUT2D eigenvalue weighted by molar-refractivity contribution is -0.404. The Kier molecular flexibility index (Phi) is 7.24. The van der Waals surface area contributed by atoms with Crippen molar-refractivity contribution < 1.29 is 25.0 Å². The highest BCUT2D eigenvalue weighted by Gasteiger charge is 2.30. The quantitative estimate of drug-likeness (QED) is 0.580. The van der Waals surface area contributed by atoms with Crippen molar-refractivity contribution in [2.45, 2.75) is 20.3 Å². The fraction of sp³-hybridized carbons (Fsp3) is 0.267. The monoisotopic (exact) mass is 380 g/mol. The molecule has 0 aliphatic heterocycles. The minimum absolute atomic E-state index is 0.177. The summed E-state index contributed by atoms with van der Waals surface area (Å²) in [5.74, 6) is -1.21. The van der Waals surface area contributed by atoms with Crippen molar-refractivity contribution in [1.29, 1.82) is 0 Å². The summed E-state index contributed by atoms with van der Waals surface area (Å²) in [4.78, 5) is 32.0. The molecule has 144 valence electrons. The number of non-ortho nitro benzene ring substituents is 1. The fourth-order valence-electron chi connectivity index (χ4n) is 2.08. The number of nitrogens with zero attached hydrogens (tertiary/aromatic N) is 4. The maximum atomic E-state index is 10.4. The summed E-state index contributed by atoms with van der Waals surface area (Å²) in [6.07, 6.45) is 2.49. The molecule has 27 heavy (non-hydrogen) atoms. The van der Waals surface area contributed by atoms with Crippen molar-refractivity contribution in [3.05, 3.63) is 71.6 Å². The lowest BCUT2D eigenvalue weighted by Gasteiger charge is -2.02. The molecular weight excluding hydrogens is 364 g/mol. The summed E-state index contributed by atoms with van der Waals surface area (Å²) in [5, 5.41) is 48.9. The third kappa shape index (κ3) is 5.67. The number of aromatic nitrogens is 1. The molecule has 12 nitrogen and oxygen atoms in total. The first-order chi connectivity index (χ1) is 12.6. The Morgan fingerprint density at radius 2 is 1.48 bits per heavy atom. The molecule has 0 spiro atoms. The second kappa shape index (κ2) is 9.15. The van der Waals surface area contributed by atoms with Crippen molar-refractivity contribution in [1.82, 2.24) is 4.98 Å². The van der Waals surface area contributed by atoms with Crippen LogP contribution < -0.4 is 0 Å². The molecule has 0 fully saturated rings. The number of nitro groups is 3. The van der Waals surface area contributed by atoms with Crippen LogP contribution in [-0.4, -0.2) is 36.6 Å². The molecule has 0 atom stereocenters. The highest BCUT2D eigenvalue weighted by Crippen LogP contribution is 2.38. The van der Waals surface area contributed by atoms with E-state index in [0.29, 0.717) is 18.6 Å². The van der Waals surface area contributed by atoms with Gasteiger partial charge in [-0.15, -0.1) is 0 Å². The Hall–Kier alpha value is -3.67. The van der Waals surface area contributed by atoms with Crippen LogP contribution in [0.4, 0.5) is 17.1 Å².